The Balaban J connectivity index is 1.93. The van der Waals surface area contributed by atoms with E-state index in [9.17, 15) is 13.2 Å². The molecule has 6 nitrogen and oxygen atoms in total. The number of carbonyl (C=O) groups excluding carboxylic acids is 1. The maximum Gasteiger partial charge on any atom is 0.262 e. The van der Waals surface area contributed by atoms with Crippen molar-refractivity contribution in [1.29, 1.82) is 0 Å². The molecule has 7 heteroatoms. The van der Waals surface area contributed by atoms with Gasteiger partial charge >= 0.3 is 0 Å². The first-order valence-electron chi connectivity index (χ1n) is 6.43. The number of hydrogen-bond acceptors (Lipinski definition) is 5. The van der Waals surface area contributed by atoms with E-state index in [1.54, 1.807) is 13.0 Å². The Morgan fingerprint density at radius 2 is 1.86 bits per heavy atom. The number of sulfonamides is 1. The van der Waals surface area contributed by atoms with Crippen LogP contribution in [0.25, 0.3) is 0 Å². The molecule has 1 aliphatic rings. The van der Waals surface area contributed by atoms with Crippen molar-refractivity contribution in [3.05, 3.63) is 47.5 Å². The molecule has 1 aromatic carbocycles. The van der Waals surface area contributed by atoms with E-state index in [2.05, 4.69) is 14.7 Å². The number of ketones is 1. The van der Waals surface area contributed by atoms with Crippen LogP contribution in [0, 0.1) is 6.92 Å². The third-order valence-corrected chi connectivity index (χ3v) is 4.73. The van der Waals surface area contributed by atoms with Gasteiger partial charge in [-0.1, -0.05) is 6.07 Å². The maximum absolute atomic E-state index is 12.3. The largest absolute Gasteiger partial charge is 0.294 e. The summed E-state index contributed by atoms with van der Waals surface area (Å²) >= 11 is 0. The third kappa shape index (κ3) is 2.64. The number of hydrogen-bond donors (Lipinski definition) is 1. The number of carbonyl (C=O) groups is 1. The van der Waals surface area contributed by atoms with Crippen LogP contribution in [0.4, 0.5) is 5.69 Å². The van der Waals surface area contributed by atoms with Gasteiger partial charge in [0.1, 0.15) is 5.82 Å². The predicted octanol–water partition coefficient (Wildman–Crippen LogP) is 1.71. The number of rotatable bonds is 3. The van der Waals surface area contributed by atoms with Crippen LogP contribution >= 0.6 is 0 Å². The summed E-state index contributed by atoms with van der Waals surface area (Å²) in [5.41, 5.74) is 1.68. The second-order valence-corrected chi connectivity index (χ2v) is 6.55. The van der Waals surface area contributed by atoms with Gasteiger partial charge in [0, 0.05) is 12.0 Å². The van der Waals surface area contributed by atoms with E-state index in [-0.39, 0.29) is 16.4 Å². The molecule has 2 aromatic rings. The van der Waals surface area contributed by atoms with E-state index in [1.165, 1.54) is 24.5 Å². The van der Waals surface area contributed by atoms with Crippen LogP contribution in [0.2, 0.25) is 0 Å². The van der Waals surface area contributed by atoms with Gasteiger partial charge in [-0.2, -0.15) is 0 Å². The molecule has 0 radical (unpaired) electrons. The summed E-state index contributed by atoms with van der Waals surface area (Å²) < 4.78 is 27.0. The summed E-state index contributed by atoms with van der Waals surface area (Å²) in [6.07, 6.45) is 3.92. The lowest BCUT2D eigenvalue weighted by molar-refractivity contribution is 0.0994. The molecule has 0 amide bonds. The summed E-state index contributed by atoms with van der Waals surface area (Å²) in [7, 11) is -3.75. The summed E-state index contributed by atoms with van der Waals surface area (Å²) in [4.78, 5) is 19.6. The van der Waals surface area contributed by atoms with E-state index in [4.69, 9.17) is 0 Å². The van der Waals surface area contributed by atoms with Crippen molar-refractivity contribution < 1.29 is 13.2 Å². The van der Waals surface area contributed by atoms with Crippen molar-refractivity contribution in [2.45, 2.75) is 24.7 Å². The highest BCUT2D eigenvalue weighted by molar-refractivity contribution is 7.92. The molecule has 108 valence electrons. The highest BCUT2D eigenvalue weighted by Crippen LogP contribution is 2.25. The van der Waals surface area contributed by atoms with Crippen LogP contribution in [0.3, 0.4) is 0 Å². The first-order valence-corrected chi connectivity index (χ1v) is 7.91. The average Bonchev–Trinajstić information content (AvgIpc) is 2.82. The first kappa shape index (κ1) is 13.7. The number of benzene rings is 1. The van der Waals surface area contributed by atoms with Gasteiger partial charge < -0.3 is 0 Å². The first-order chi connectivity index (χ1) is 9.95. The molecule has 1 aromatic heterocycles. The van der Waals surface area contributed by atoms with Crippen molar-refractivity contribution in [2.75, 3.05) is 4.72 Å². The minimum atomic E-state index is -3.75. The molecule has 21 heavy (non-hydrogen) atoms. The molecule has 0 saturated carbocycles. The zero-order valence-corrected chi connectivity index (χ0v) is 12.1. The second-order valence-electron chi connectivity index (χ2n) is 4.87. The number of nitrogens with one attached hydrogen (secondary N) is 1. The van der Waals surface area contributed by atoms with Crippen molar-refractivity contribution in [3.63, 3.8) is 0 Å². The summed E-state index contributed by atoms with van der Waals surface area (Å²) in [6, 6.07) is 4.64. The van der Waals surface area contributed by atoms with Gasteiger partial charge in [-0.25, -0.2) is 18.4 Å². The number of fused-ring (bicyclic) bond motifs is 1. The molecular formula is C14H13N3O3S. The average molecular weight is 303 g/mol. The fraction of sp³-hybridized carbons (Fsp3) is 0.214. The highest BCUT2D eigenvalue weighted by atomic mass is 32.2. The molecule has 0 spiro atoms. The smallest absolute Gasteiger partial charge is 0.262 e. The van der Waals surface area contributed by atoms with Crippen molar-refractivity contribution in [2.24, 2.45) is 0 Å². The molecule has 0 fully saturated rings. The number of Topliss-reactive ketones (excluding diaryl/α,β-unsaturated/α-hetero) is 1. The summed E-state index contributed by atoms with van der Waals surface area (Å²) in [5, 5.41) is 0. The highest BCUT2D eigenvalue weighted by Gasteiger charge is 2.23. The van der Waals surface area contributed by atoms with Gasteiger partial charge in [0.25, 0.3) is 10.0 Å². The molecule has 1 heterocycles. The van der Waals surface area contributed by atoms with Crippen molar-refractivity contribution in [1.82, 2.24) is 9.97 Å². The van der Waals surface area contributed by atoms with E-state index in [0.717, 1.165) is 5.56 Å². The second kappa shape index (κ2) is 4.92. The molecule has 0 unspecified atom stereocenters. The fourth-order valence-electron chi connectivity index (χ4n) is 2.24. The minimum absolute atomic E-state index is 0.0132. The van der Waals surface area contributed by atoms with Gasteiger partial charge in [0.15, 0.2) is 5.78 Å². The number of aryl methyl sites for hydroxylation is 2. The van der Waals surface area contributed by atoms with Crippen molar-refractivity contribution in [3.8, 4) is 0 Å². The summed E-state index contributed by atoms with van der Waals surface area (Å²) in [5.74, 6) is 0.543. The molecular weight excluding hydrogens is 290 g/mol. The van der Waals surface area contributed by atoms with Crippen molar-refractivity contribution >= 4 is 21.5 Å². The Morgan fingerprint density at radius 3 is 2.57 bits per heavy atom. The Bertz CT molecular complexity index is 814. The standard InChI is InChI=1S/C14H13N3O3S/c1-9-15-7-11(8-16-9)17-21(19,20)12-4-2-10-3-5-14(18)13(10)6-12/h2,4,6-8,17H,3,5H2,1H3. The van der Waals surface area contributed by atoms with Crippen LogP contribution in [-0.4, -0.2) is 24.2 Å². The molecule has 0 saturated heterocycles. The van der Waals surface area contributed by atoms with E-state index in [1.807, 2.05) is 0 Å². The van der Waals surface area contributed by atoms with Crippen LogP contribution in [0.5, 0.6) is 0 Å². The fourth-order valence-corrected chi connectivity index (χ4v) is 3.30. The maximum atomic E-state index is 12.3. The van der Waals surface area contributed by atoms with Gasteiger partial charge in [-0.3, -0.25) is 9.52 Å². The predicted molar refractivity (Wildman–Crippen MR) is 76.7 cm³/mol. The number of nitrogens with zero attached hydrogens (tertiary/aromatic N) is 2. The molecule has 0 bridgehead atoms. The van der Waals surface area contributed by atoms with E-state index in [0.29, 0.717) is 24.2 Å². The lowest BCUT2D eigenvalue weighted by atomic mass is 10.1. The lowest BCUT2D eigenvalue weighted by Crippen LogP contribution is -2.14. The van der Waals surface area contributed by atoms with Gasteiger partial charge in [-0.05, 0) is 31.0 Å². The molecule has 1 aliphatic carbocycles. The topological polar surface area (TPSA) is 89.0 Å². The van der Waals surface area contributed by atoms with Crippen LogP contribution in [0.1, 0.15) is 28.2 Å². The zero-order chi connectivity index (χ0) is 15.0. The monoisotopic (exact) mass is 303 g/mol. The van der Waals surface area contributed by atoms with Gasteiger partial charge in [0.2, 0.25) is 0 Å². The molecule has 0 aliphatic heterocycles. The molecule has 0 atom stereocenters. The Kier molecular flexibility index (Phi) is 3.21. The molecule has 1 N–H and O–H groups in total. The Hall–Kier alpha value is -2.28. The third-order valence-electron chi connectivity index (χ3n) is 3.35. The lowest BCUT2D eigenvalue weighted by Gasteiger charge is -2.08. The van der Waals surface area contributed by atoms with E-state index >= 15 is 0 Å². The van der Waals surface area contributed by atoms with Crippen LogP contribution in [-0.2, 0) is 16.4 Å². The Morgan fingerprint density at radius 1 is 1.14 bits per heavy atom. The zero-order valence-electron chi connectivity index (χ0n) is 11.3. The summed E-state index contributed by atoms with van der Waals surface area (Å²) in [6.45, 7) is 1.71. The van der Waals surface area contributed by atoms with Gasteiger partial charge in [-0.15, -0.1) is 0 Å². The minimum Gasteiger partial charge on any atom is -0.294 e. The van der Waals surface area contributed by atoms with E-state index < -0.39 is 10.0 Å². The van der Waals surface area contributed by atoms with Crippen LogP contribution < -0.4 is 4.72 Å². The van der Waals surface area contributed by atoms with Gasteiger partial charge in [0.05, 0.1) is 23.0 Å². The normalized spacial score (nSPS) is 14.0. The SMILES string of the molecule is Cc1ncc(NS(=O)(=O)c2ccc3c(c2)C(=O)CC3)cn1. The quantitative estimate of drug-likeness (QED) is 0.932. The molecule has 3 rings (SSSR count). The number of aromatic nitrogens is 2. The Labute approximate surface area is 122 Å². The number of anilines is 1. The van der Waals surface area contributed by atoms with Crippen LogP contribution in [0.15, 0.2) is 35.5 Å².